The number of thiazole rings is 1. The van der Waals surface area contributed by atoms with E-state index < -0.39 is 0 Å². The molecule has 0 saturated carbocycles. The fourth-order valence-corrected chi connectivity index (χ4v) is 2.97. The lowest BCUT2D eigenvalue weighted by Crippen LogP contribution is -2.25. The maximum Gasteiger partial charge on any atom is 0.186 e. The Hall–Kier alpha value is -0.900. The number of carbonyl (C=O) groups excluding carboxylic acids is 1. The zero-order valence-electron chi connectivity index (χ0n) is 12.4. The van der Waals surface area contributed by atoms with Gasteiger partial charge in [-0.15, -0.1) is 0 Å². The minimum absolute atomic E-state index is 0.815. The van der Waals surface area contributed by atoms with Crippen LogP contribution in [0.3, 0.4) is 0 Å². The summed E-state index contributed by atoms with van der Waals surface area (Å²) in [5, 5.41) is 1.03. The third-order valence-corrected chi connectivity index (χ3v) is 4.23. The van der Waals surface area contributed by atoms with Gasteiger partial charge in [0.2, 0.25) is 0 Å². The van der Waals surface area contributed by atoms with E-state index in [1.54, 1.807) is 11.3 Å². The molecule has 0 spiro atoms. The lowest BCUT2D eigenvalue weighted by atomic mass is 10.2. The van der Waals surface area contributed by atoms with Crippen molar-refractivity contribution in [1.82, 2.24) is 4.98 Å². The molecule has 0 atom stereocenters. The molecular formula is C15H26N2OS. The van der Waals surface area contributed by atoms with Crippen molar-refractivity contribution < 1.29 is 4.79 Å². The van der Waals surface area contributed by atoms with E-state index in [2.05, 4.69) is 25.7 Å². The van der Waals surface area contributed by atoms with Gasteiger partial charge >= 0.3 is 0 Å². The van der Waals surface area contributed by atoms with Crippen LogP contribution in [0.5, 0.6) is 0 Å². The van der Waals surface area contributed by atoms with Crippen molar-refractivity contribution in [2.24, 2.45) is 0 Å². The number of hydrogen-bond donors (Lipinski definition) is 0. The lowest BCUT2D eigenvalue weighted by molar-refractivity contribution is 0.112. The van der Waals surface area contributed by atoms with E-state index in [0.717, 1.165) is 47.9 Å². The van der Waals surface area contributed by atoms with Crippen LogP contribution in [0.4, 0.5) is 5.13 Å². The number of rotatable bonds is 10. The van der Waals surface area contributed by atoms with Crippen LogP contribution in [0, 0.1) is 0 Å². The van der Waals surface area contributed by atoms with Gasteiger partial charge in [-0.25, -0.2) is 4.98 Å². The molecule has 0 amide bonds. The molecule has 4 heteroatoms. The minimum atomic E-state index is 0.815. The summed E-state index contributed by atoms with van der Waals surface area (Å²) in [5.74, 6) is 0. The number of unbranched alkanes of at least 4 members (excludes halogenated alkanes) is 2. The summed E-state index contributed by atoms with van der Waals surface area (Å²) in [6.45, 7) is 8.64. The first-order valence-corrected chi connectivity index (χ1v) is 8.28. The van der Waals surface area contributed by atoms with Crippen molar-refractivity contribution in [3.8, 4) is 0 Å². The number of aromatic nitrogens is 1. The highest BCUT2D eigenvalue weighted by molar-refractivity contribution is 7.17. The van der Waals surface area contributed by atoms with E-state index in [4.69, 9.17) is 4.98 Å². The van der Waals surface area contributed by atoms with Gasteiger partial charge in [0.25, 0.3) is 0 Å². The molecule has 1 heterocycles. The Morgan fingerprint density at radius 3 is 2.21 bits per heavy atom. The molecule has 108 valence electrons. The molecule has 1 rings (SSSR count). The molecule has 0 aliphatic rings. The van der Waals surface area contributed by atoms with Crippen molar-refractivity contribution in [3.05, 3.63) is 10.6 Å². The van der Waals surface area contributed by atoms with Crippen molar-refractivity contribution >= 4 is 22.8 Å². The summed E-state index contributed by atoms with van der Waals surface area (Å²) in [6.07, 6.45) is 7.65. The standard InChI is InChI=1S/C15H26N2OS/c1-4-7-10-17(11-8-5-2)15-16-13(9-6-3)14(12-18)19-15/h12H,4-11H2,1-3H3. The second kappa shape index (κ2) is 9.08. The highest BCUT2D eigenvalue weighted by Gasteiger charge is 2.15. The van der Waals surface area contributed by atoms with E-state index in [9.17, 15) is 4.79 Å². The Morgan fingerprint density at radius 2 is 1.74 bits per heavy atom. The Balaban J connectivity index is 2.83. The zero-order chi connectivity index (χ0) is 14.1. The number of hydrogen-bond acceptors (Lipinski definition) is 4. The molecule has 1 aromatic rings. The number of aryl methyl sites for hydroxylation is 1. The van der Waals surface area contributed by atoms with Crippen LogP contribution in [0.15, 0.2) is 0 Å². The van der Waals surface area contributed by atoms with Crippen LogP contribution in [0.25, 0.3) is 0 Å². The monoisotopic (exact) mass is 282 g/mol. The van der Waals surface area contributed by atoms with Crippen LogP contribution in [0.2, 0.25) is 0 Å². The molecule has 0 aliphatic heterocycles. The second-order valence-electron chi connectivity index (χ2n) is 4.87. The van der Waals surface area contributed by atoms with Crippen LogP contribution in [0.1, 0.15) is 68.2 Å². The first-order chi connectivity index (χ1) is 9.26. The van der Waals surface area contributed by atoms with Crippen LogP contribution < -0.4 is 4.90 Å². The molecule has 0 fully saturated rings. The summed E-state index contributed by atoms with van der Waals surface area (Å²) < 4.78 is 0. The van der Waals surface area contributed by atoms with E-state index >= 15 is 0 Å². The molecule has 0 aromatic carbocycles. The maximum atomic E-state index is 11.1. The van der Waals surface area contributed by atoms with Gasteiger partial charge in [0.15, 0.2) is 11.4 Å². The maximum absolute atomic E-state index is 11.1. The third-order valence-electron chi connectivity index (χ3n) is 3.14. The largest absolute Gasteiger partial charge is 0.348 e. The quantitative estimate of drug-likeness (QED) is 0.599. The van der Waals surface area contributed by atoms with Gasteiger partial charge < -0.3 is 4.90 Å². The SMILES string of the molecule is CCCCN(CCCC)c1nc(CCC)c(C=O)s1. The van der Waals surface area contributed by atoms with Crippen molar-refractivity contribution in [3.63, 3.8) is 0 Å². The summed E-state index contributed by atoms with van der Waals surface area (Å²) in [4.78, 5) is 19.0. The van der Waals surface area contributed by atoms with Crippen molar-refractivity contribution in [1.29, 1.82) is 0 Å². The van der Waals surface area contributed by atoms with Gasteiger partial charge in [0.05, 0.1) is 10.6 Å². The molecule has 0 radical (unpaired) electrons. The summed E-state index contributed by atoms with van der Waals surface area (Å²) in [7, 11) is 0. The van der Waals surface area contributed by atoms with Gasteiger partial charge in [0.1, 0.15) is 0 Å². The highest BCUT2D eigenvalue weighted by atomic mass is 32.1. The molecule has 0 saturated heterocycles. The number of anilines is 1. The second-order valence-corrected chi connectivity index (χ2v) is 5.88. The average Bonchev–Trinajstić information content (AvgIpc) is 2.82. The molecule has 19 heavy (non-hydrogen) atoms. The topological polar surface area (TPSA) is 33.2 Å². The Kier molecular flexibility index (Phi) is 7.72. The van der Waals surface area contributed by atoms with E-state index in [0.29, 0.717) is 0 Å². The van der Waals surface area contributed by atoms with E-state index in [1.165, 1.54) is 25.7 Å². The number of carbonyl (C=O) groups is 1. The van der Waals surface area contributed by atoms with Crippen molar-refractivity contribution in [2.45, 2.75) is 59.3 Å². The fourth-order valence-electron chi connectivity index (χ4n) is 1.99. The molecule has 0 N–H and O–H groups in total. The van der Waals surface area contributed by atoms with Crippen molar-refractivity contribution in [2.75, 3.05) is 18.0 Å². The van der Waals surface area contributed by atoms with E-state index in [1.807, 2.05) is 0 Å². The first-order valence-electron chi connectivity index (χ1n) is 7.46. The minimum Gasteiger partial charge on any atom is -0.348 e. The number of aldehydes is 1. The van der Waals surface area contributed by atoms with Gasteiger partial charge in [-0.3, -0.25) is 4.79 Å². The predicted octanol–water partition coefficient (Wildman–Crippen LogP) is 4.31. The smallest absolute Gasteiger partial charge is 0.186 e. The molecular weight excluding hydrogens is 256 g/mol. The third kappa shape index (κ3) is 4.94. The molecule has 1 aromatic heterocycles. The Labute approximate surface area is 121 Å². The summed E-state index contributed by atoms with van der Waals surface area (Å²) in [5.41, 5.74) is 0.982. The Morgan fingerprint density at radius 1 is 1.11 bits per heavy atom. The van der Waals surface area contributed by atoms with Gasteiger partial charge in [-0.1, -0.05) is 51.4 Å². The zero-order valence-corrected chi connectivity index (χ0v) is 13.3. The number of nitrogens with zero attached hydrogens (tertiary/aromatic N) is 2. The van der Waals surface area contributed by atoms with Gasteiger partial charge in [-0.2, -0.15) is 0 Å². The first kappa shape index (κ1) is 16.2. The summed E-state index contributed by atoms with van der Waals surface area (Å²) >= 11 is 1.56. The van der Waals surface area contributed by atoms with E-state index in [-0.39, 0.29) is 0 Å². The van der Waals surface area contributed by atoms with Gasteiger partial charge in [-0.05, 0) is 19.3 Å². The fraction of sp³-hybridized carbons (Fsp3) is 0.733. The molecule has 0 unspecified atom stereocenters. The van der Waals surface area contributed by atoms with Crippen LogP contribution in [-0.4, -0.2) is 24.4 Å². The normalized spacial score (nSPS) is 10.7. The van der Waals surface area contributed by atoms with Gasteiger partial charge in [0, 0.05) is 13.1 Å². The molecule has 0 bridgehead atoms. The molecule has 3 nitrogen and oxygen atoms in total. The predicted molar refractivity (Wildman–Crippen MR) is 83.5 cm³/mol. The average molecular weight is 282 g/mol. The van der Waals surface area contributed by atoms with Crippen LogP contribution >= 0.6 is 11.3 Å². The highest BCUT2D eigenvalue weighted by Crippen LogP contribution is 2.26. The lowest BCUT2D eigenvalue weighted by Gasteiger charge is -2.21. The Bertz CT molecular complexity index is 368. The summed E-state index contributed by atoms with van der Waals surface area (Å²) in [6, 6.07) is 0. The van der Waals surface area contributed by atoms with Crippen LogP contribution in [-0.2, 0) is 6.42 Å². The molecule has 0 aliphatic carbocycles.